The molecule has 2 aliphatic rings. The lowest BCUT2D eigenvalue weighted by atomic mass is 9.88. The van der Waals surface area contributed by atoms with Gasteiger partial charge in [-0.3, -0.25) is 0 Å². The molecule has 70 valence electrons. The summed E-state index contributed by atoms with van der Waals surface area (Å²) < 4.78 is 0. The topological polar surface area (TPSA) is 32.3 Å². The molecule has 0 radical (unpaired) electrons. The lowest BCUT2D eigenvalue weighted by Crippen LogP contribution is -2.49. The van der Waals surface area contributed by atoms with Crippen LogP contribution in [0.3, 0.4) is 0 Å². The molecule has 0 bridgehead atoms. The van der Waals surface area contributed by atoms with E-state index in [1.807, 2.05) is 0 Å². The van der Waals surface area contributed by atoms with Crippen LogP contribution in [0.4, 0.5) is 0 Å². The Balaban J connectivity index is 1.69. The summed E-state index contributed by atoms with van der Waals surface area (Å²) in [6.45, 7) is 2.26. The molecular weight excluding hydrogens is 150 g/mol. The molecular formula is C10H19NO. The first-order chi connectivity index (χ1) is 5.79. The molecule has 0 aliphatic heterocycles. The number of hydrogen-bond donors (Lipinski definition) is 2. The van der Waals surface area contributed by atoms with Gasteiger partial charge in [-0.1, -0.05) is 6.92 Å². The van der Waals surface area contributed by atoms with Crippen LogP contribution in [0.2, 0.25) is 0 Å². The highest BCUT2D eigenvalue weighted by Gasteiger charge is 2.34. The van der Waals surface area contributed by atoms with Crippen LogP contribution in [0, 0.1) is 5.92 Å². The fraction of sp³-hybridized carbons (Fsp3) is 1.00. The smallest absolute Gasteiger partial charge is 0.0570 e. The van der Waals surface area contributed by atoms with E-state index >= 15 is 0 Å². The summed E-state index contributed by atoms with van der Waals surface area (Å²) >= 11 is 0. The Labute approximate surface area is 74.4 Å². The number of aliphatic hydroxyl groups is 1. The van der Waals surface area contributed by atoms with Gasteiger partial charge in [0.05, 0.1) is 6.10 Å². The maximum Gasteiger partial charge on any atom is 0.0570 e. The van der Waals surface area contributed by atoms with E-state index in [-0.39, 0.29) is 6.10 Å². The molecule has 1 atom stereocenters. The van der Waals surface area contributed by atoms with Crippen LogP contribution in [0.1, 0.15) is 39.0 Å². The zero-order valence-corrected chi connectivity index (χ0v) is 7.79. The first-order valence-corrected chi connectivity index (χ1v) is 5.23. The van der Waals surface area contributed by atoms with E-state index in [2.05, 4.69) is 12.2 Å². The molecule has 0 heterocycles. The lowest BCUT2D eigenvalue weighted by molar-refractivity contribution is 0.0561. The van der Waals surface area contributed by atoms with Gasteiger partial charge in [-0.25, -0.2) is 0 Å². The average molecular weight is 169 g/mol. The number of rotatable bonds is 4. The summed E-state index contributed by atoms with van der Waals surface area (Å²) in [6, 6.07) is 1.35. The summed E-state index contributed by atoms with van der Waals surface area (Å²) in [5.74, 6) is 0.952. The van der Waals surface area contributed by atoms with Crippen LogP contribution < -0.4 is 5.32 Å². The van der Waals surface area contributed by atoms with Gasteiger partial charge in [-0.05, 0) is 38.0 Å². The fourth-order valence-electron chi connectivity index (χ4n) is 2.11. The van der Waals surface area contributed by atoms with Gasteiger partial charge in [0.25, 0.3) is 0 Å². The SMILES string of the molecule is CCC(NC1CC(O)C1)C1CC1. The summed E-state index contributed by atoms with van der Waals surface area (Å²) in [5, 5.41) is 12.8. The van der Waals surface area contributed by atoms with Gasteiger partial charge in [-0.15, -0.1) is 0 Å². The van der Waals surface area contributed by atoms with Crippen LogP contribution >= 0.6 is 0 Å². The van der Waals surface area contributed by atoms with E-state index in [4.69, 9.17) is 5.11 Å². The predicted molar refractivity (Wildman–Crippen MR) is 49.0 cm³/mol. The molecule has 0 aromatic carbocycles. The van der Waals surface area contributed by atoms with E-state index in [1.165, 1.54) is 19.3 Å². The second kappa shape index (κ2) is 3.35. The van der Waals surface area contributed by atoms with Gasteiger partial charge < -0.3 is 10.4 Å². The zero-order valence-electron chi connectivity index (χ0n) is 7.79. The number of hydrogen-bond acceptors (Lipinski definition) is 2. The molecule has 2 fully saturated rings. The Bertz CT molecular complexity index is 150. The van der Waals surface area contributed by atoms with Crippen LogP contribution in [0.5, 0.6) is 0 Å². The first kappa shape index (κ1) is 8.52. The minimum Gasteiger partial charge on any atom is -0.393 e. The van der Waals surface area contributed by atoms with Crippen LogP contribution in [0.15, 0.2) is 0 Å². The van der Waals surface area contributed by atoms with Gasteiger partial charge in [0.15, 0.2) is 0 Å². The van der Waals surface area contributed by atoms with E-state index in [0.717, 1.165) is 24.8 Å². The van der Waals surface area contributed by atoms with Crippen molar-refractivity contribution in [1.82, 2.24) is 5.32 Å². The van der Waals surface area contributed by atoms with E-state index in [0.29, 0.717) is 6.04 Å². The third kappa shape index (κ3) is 1.80. The Kier molecular flexibility index (Phi) is 2.37. The van der Waals surface area contributed by atoms with E-state index < -0.39 is 0 Å². The molecule has 2 rings (SSSR count). The van der Waals surface area contributed by atoms with Gasteiger partial charge in [0, 0.05) is 12.1 Å². The van der Waals surface area contributed by atoms with Crippen molar-refractivity contribution in [1.29, 1.82) is 0 Å². The van der Waals surface area contributed by atoms with Gasteiger partial charge >= 0.3 is 0 Å². The lowest BCUT2D eigenvalue weighted by Gasteiger charge is -2.35. The first-order valence-electron chi connectivity index (χ1n) is 5.23. The quantitative estimate of drug-likeness (QED) is 0.664. The second-order valence-corrected chi connectivity index (χ2v) is 4.34. The molecule has 12 heavy (non-hydrogen) atoms. The molecule has 2 heteroatoms. The minimum absolute atomic E-state index is 0.0146. The molecule has 2 aliphatic carbocycles. The van der Waals surface area contributed by atoms with Gasteiger partial charge in [0.1, 0.15) is 0 Å². The van der Waals surface area contributed by atoms with E-state index in [1.54, 1.807) is 0 Å². The van der Waals surface area contributed by atoms with Crippen molar-refractivity contribution in [3.63, 3.8) is 0 Å². The number of aliphatic hydroxyl groups excluding tert-OH is 1. The highest BCUT2D eigenvalue weighted by Crippen LogP contribution is 2.35. The fourth-order valence-corrected chi connectivity index (χ4v) is 2.11. The van der Waals surface area contributed by atoms with Crippen molar-refractivity contribution in [2.24, 2.45) is 5.92 Å². The second-order valence-electron chi connectivity index (χ2n) is 4.34. The molecule has 0 aromatic rings. The summed E-state index contributed by atoms with van der Waals surface area (Å²) in [7, 11) is 0. The molecule has 0 spiro atoms. The van der Waals surface area contributed by atoms with Crippen LogP contribution in [-0.4, -0.2) is 23.3 Å². The summed E-state index contributed by atoms with van der Waals surface area (Å²) in [6.07, 6.45) is 6.02. The van der Waals surface area contributed by atoms with Crippen molar-refractivity contribution in [2.75, 3.05) is 0 Å². The number of nitrogens with one attached hydrogen (secondary N) is 1. The standard InChI is InChI=1S/C10H19NO/c1-2-10(7-3-4-7)11-8-5-9(12)6-8/h7-12H,2-6H2,1H3. The summed E-state index contributed by atoms with van der Waals surface area (Å²) in [4.78, 5) is 0. The summed E-state index contributed by atoms with van der Waals surface area (Å²) in [5.41, 5.74) is 0. The van der Waals surface area contributed by atoms with Crippen molar-refractivity contribution in [2.45, 2.75) is 57.2 Å². The normalized spacial score (nSPS) is 37.5. The van der Waals surface area contributed by atoms with Gasteiger partial charge in [-0.2, -0.15) is 0 Å². The highest BCUT2D eigenvalue weighted by molar-refractivity contribution is 4.92. The Morgan fingerprint density at radius 1 is 1.42 bits per heavy atom. The maximum atomic E-state index is 9.12. The molecule has 2 N–H and O–H groups in total. The third-order valence-electron chi connectivity index (χ3n) is 3.19. The van der Waals surface area contributed by atoms with Crippen LogP contribution in [0.25, 0.3) is 0 Å². The molecule has 2 saturated carbocycles. The largest absolute Gasteiger partial charge is 0.393 e. The molecule has 0 aromatic heterocycles. The van der Waals surface area contributed by atoms with Crippen LogP contribution in [-0.2, 0) is 0 Å². The molecule has 1 unspecified atom stereocenters. The zero-order chi connectivity index (χ0) is 8.55. The molecule has 0 amide bonds. The average Bonchev–Trinajstić information content (AvgIpc) is 2.78. The highest BCUT2D eigenvalue weighted by atomic mass is 16.3. The van der Waals surface area contributed by atoms with Crippen molar-refractivity contribution in [3.8, 4) is 0 Å². The van der Waals surface area contributed by atoms with E-state index in [9.17, 15) is 0 Å². The maximum absolute atomic E-state index is 9.12. The van der Waals surface area contributed by atoms with Crippen molar-refractivity contribution in [3.05, 3.63) is 0 Å². The minimum atomic E-state index is -0.0146. The molecule has 2 nitrogen and oxygen atoms in total. The molecule has 0 saturated heterocycles. The monoisotopic (exact) mass is 169 g/mol. The Morgan fingerprint density at radius 3 is 2.50 bits per heavy atom. The van der Waals surface area contributed by atoms with Crippen molar-refractivity contribution < 1.29 is 5.11 Å². The third-order valence-corrected chi connectivity index (χ3v) is 3.19. The van der Waals surface area contributed by atoms with Gasteiger partial charge in [0.2, 0.25) is 0 Å². The predicted octanol–water partition coefficient (Wildman–Crippen LogP) is 1.29. The Morgan fingerprint density at radius 2 is 2.08 bits per heavy atom. The Hall–Kier alpha value is -0.0800. The van der Waals surface area contributed by atoms with Crippen molar-refractivity contribution >= 4 is 0 Å².